The minimum absolute atomic E-state index is 0.0569. The third kappa shape index (κ3) is 3.55. The average molecular weight is 570 g/mol. The Hall–Kier alpha value is -2.55. The molecule has 0 bridgehead atoms. The second-order valence-electron chi connectivity index (χ2n) is 17.1. The normalized spacial score (nSPS) is 43.6. The van der Waals surface area contributed by atoms with Gasteiger partial charge in [-0.3, -0.25) is 9.59 Å². The highest BCUT2D eigenvalue weighted by atomic mass is 16.5. The fourth-order valence-electron chi connectivity index (χ4n) is 11.1. The summed E-state index contributed by atoms with van der Waals surface area (Å²) in [5, 5.41) is 14.4. The van der Waals surface area contributed by atoms with Gasteiger partial charge < -0.3 is 4.52 Å². The Morgan fingerprint density at radius 3 is 2.38 bits per heavy atom. The number of hydrogen-bond acceptors (Lipinski definition) is 6. The van der Waals surface area contributed by atoms with Crippen LogP contribution in [0.1, 0.15) is 118 Å². The Morgan fingerprint density at radius 2 is 1.69 bits per heavy atom. The van der Waals surface area contributed by atoms with E-state index in [-0.39, 0.29) is 56.6 Å². The molecule has 4 saturated carbocycles. The zero-order valence-corrected chi connectivity index (χ0v) is 26.6. The van der Waals surface area contributed by atoms with Crippen molar-refractivity contribution in [3.05, 3.63) is 35.0 Å². The first-order valence-electron chi connectivity index (χ1n) is 16.4. The fraction of sp³-hybridized carbons (Fsp3) is 0.750. The second kappa shape index (κ2) is 8.54. The molecule has 1 aromatic rings. The number of Topliss-reactive ketones (excluding diaryl/α,β-unsaturated/α-hetero) is 1. The van der Waals surface area contributed by atoms with Gasteiger partial charge in [0, 0.05) is 23.2 Å². The van der Waals surface area contributed by atoms with Crippen molar-refractivity contribution in [2.24, 2.45) is 50.7 Å². The van der Waals surface area contributed by atoms with E-state index in [1.807, 2.05) is 26.0 Å². The van der Waals surface area contributed by atoms with Crippen molar-refractivity contribution in [1.29, 1.82) is 5.26 Å². The highest BCUT2D eigenvalue weighted by Crippen LogP contribution is 2.74. The van der Waals surface area contributed by atoms with Crippen LogP contribution >= 0.6 is 0 Å². The molecule has 0 aromatic carbocycles. The van der Waals surface area contributed by atoms with Gasteiger partial charge in [0.1, 0.15) is 6.07 Å². The predicted molar refractivity (Wildman–Crippen MR) is 159 cm³/mol. The van der Waals surface area contributed by atoms with E-state index in [2.05, 4.69) is 45.8 Å². The highest BCUT2D eigenvalue weighted by molar-refractivity contribution is 6.04. The summed E-state index contributed by atoms with van der Waals surface area (Å²) < 4.78 is 6.13. The number of carbonyl (C=O) groups excluding carboxylic acids is 2. The van der Waals surface area contributed by atoms with Crippen LogP contribution < -0.4 is 0 Å². The number of nitrogens with zero attached hydrogens (tertiary/aromatic N) is 3. The number of nitriles is 1. The van der Waals surface area contributed by atoms with E-state index in [1.165, 1.54) is 12.8 Å². The van der Waals surface area contributed by atoms with Crippen LogP contribution in [0, 0.1) is 62.1 Å². The molecule has 0 N–H and O–H groups in total. The van der Waals surface area contributed by atoms with Crippen LogP contribution in [0.3, 0.4) is 0 Å². The molecule has 0 radical (unpaired) electrons. The fourth-order valence-corrected chi connectivity index (χ4v) is 11.1. The monoisotopic (exact) mass is 569 g/mol. The van der Waals surface area contributed by atoms with E-state index in [4.69, 9.17) is 9.51 Å². The van der Waals surface area contributed by atoms with Crippen LogP contribution in [0.25, 0.3) is 0 Å². The SMILES string of the molecule is CC1(C)CC[C@]2(c3nc(CC4CC4)no3)CC[C@]3(C)[C@H](C(=O)C=C4[C@@]5(C)C=C(C#N)C(=O)C(C)(C)[C@@H]5CC[C@]43C)[C@@H]2C1. The smallest absolute Gasteiger partial charge is 0.233 e. The van der Waals surface area contributed by atoms with E-state index in [9.17, 15) is 14.9 Å². The quantitative estimate of drug-likeness (QED) is 0.374. The highest BCUT2D eigenvalue weighted by Gasteiger charge is 2.70. The van der Waals surface area contributed by atoms with Crippen molar-refractivity contribution < 1.29 is 14.1 Å². The maximum absolute atomic E-state index is 14.7. The van der Waals surface area contributed by atoms with Crippen LogP contribution in [0.4, 0.5) is 0 Å². The van der Waals surface area contributed by atoms with Gasteiger partial charge in [0.25, 0.3) is 0 Å². The van der Waals surface area contributed by atoms with Crippen LogP contribution in [-0.4, -0.2) is 21.7 Å². The molecule has 6 aliphatic carbocycles. The van der Waals surface area contributed by atoms with Crippen molar-refractivity contribution in [3.8, 4) is 6.07 Å². The number of fused-ring (bicyclic) bond motifs is 7. The number of ketones is 2. The number of aromatic nitrogens is 2. The summed E-state index contributed by atoms with van der Waals surface area (Å²) >= 11 is 0. The molecule has 6 aliphatic rings. The van der Waals surface area contributed by atoms with E-state index in [1.54, 1.807) is 0 Å². The molecular weight excluding hydrogens is 522 g/mol. The third-order valence-electron chi connectivity index (χ3n) is 13.9. The van der Waals surface area contributed by atoms with Crippen molar-refractivity contribution in [3.63, 3.8) is 0 Å². The van der Waals surface area contributed by atoms with Gasteiger partial charge in [0.2, 0.25) is 5.89 Å². The van der Waals surface area contributed by atoms with Gasteiger partial charge in [-0.2, -0.15) is 10.2 Å². The summed E-state index contributed by atoms with van der Waals surface area (Å²) in [5.41, 5.74) is -0.353. The van der Waals surface area contributed by atoms with E-state index in [0.29, 0.717) is 5.92 Å². The Morgan fingerprint density at radius 1 is 0.976 bits per heavy atom. The molecule has 42 heavy (non-hydrogen) atoms. The summed E-state index contributed by atoms with van der Waals surface area (Å²) in [6.45, 7) is 15.7. The molecule has 0 unspecified atom stereocenters. The van der Waals surface area contributed by atoms with E-state index >= 15 is 0 Å². The van der Waals surface area contributed by atoms with Crippen LogP contribution in [0.2, 0.25) is 0 Å². The van der Waals surface area contributed by atoms with Crippen molar-refractivity contribution in [2.75, 3.05) is 0 Å². The molecule has 1 heterocycles. The molecule has 0 saturated heterocycles. The molecule has 1 aromatic heterocycles. The molecule has 0 spiro atoms. The molecule has 224 valence electrons. The summed E-state index contributed by atoms with van der Waals surface area (Å²) in [5.74, 6) is 2.53. The molecular formula is C36H47N3O3. The van der Waals surface area contributed by atoms with Crippen LogP contribution in [-0.2, 0) is 21.4 Å². The van der Waals surface area contributed by atoms with Gasteiger partial charge in [-0.1, -0.05) is 65.3 Å². The second-order valence-corrected chi connectivity index (χ2v) is 17.1. The van der Waals surface area contributed by atoms with Gasteiger partial charge in [-0.05, 0) is 97.9 Å². The molecule has 7 atom stereocenters. The first-order chi connectivity index (χ1) is 19.6. The van der Waals surface area contributed by atoms with Crippen LogP contribution in [0.5, 0.6) is 0 Å². The number of allylic oxidation sites excluding steroid dienone is 4. The molecule has 7 rings (SSSR count). The maximum atomic E-state index is 14.7. The van der Waals surface area contributed by atoms with Crippen LogP contribution in [0.15, 0.2) is 27.8 Å². The first kappa shape index (κ1) is 28.2. The molecule has 0 aliphatic heterocycles. The number of hydrogen-bond donors (Lipinski definition) is 0. The lowest BCUT2D eigenvalue weighted by atomic mass is 9.34. The van der Waals surface area contributed by atoms with Gasteiger partial charge in [-0.15, -0.1) is 0 Å². The summed E-state index contributed by atoms with van der Waals surface area (Å²) in [6.07, 6.45) is 14.1. The average Bonchev–Trinajstić information content (AvgIpc) is 3.61. The van der Waals surface area contributed by atoms with E-state index in [0.717, 1.165) is 68.7 Å². The van der Waals surface area contributed by atoms with Gasteiger partial charge in [0.05, 0.1) is 11.0 Å². The zero-order chi connectivity index (χ0) is 30.1. The van der Waals surface area contributed by atoms with Crippen molar-refractivity contribution in [1.82, 2.24) is 10.1 Å². The minimum Gasteiger partial charge on any atom is -0.339 e. The Balaban J connectivity index is 1.36. The molecule has 0 amide bonds. The summed E-state index contributed by atoms with van der Waals surface area (Å²) in [4.78, 5) is 33.1. The van der Waals surface area contributed by atoms with Gasteiger partial charge in [0.15, 0.2) is 17.4 Å². The molecule has 6 nitrogen and oxygen atoms in total. The van der Waals surface area contributed by atoms with Crippen molar-refractivity contribution in [2.45, 2.75) is 118 Å². The predicted octanol–water partition coefficient (Wildman–Crippen LogP) is 7.49. The topological polar surface area (TPSA) is 96.8 Å². The summed E-state index contributed by atoms with van der Waals surface area (Å²) in [7, 11) is 0. The largest absolute Gasteiger partial charge is 0.339 e. The Kier molecular flexibility index (Phi) is 5.74. The standard InChI is InChI=1S/C36H47N3O3/c1-31(2)12-14-36(30-38-27(39-42-30)16-21-8-9-21)15-13-35(7)28(23(36)19-31)24(40)17-26-33(5)18-22(20-37)29(41)32(3,4)25(33)10-11-34(26,35)6/h17-18,21,23,25,28H,8-16,19H2,1-7H3/t23-,25-,28-,33-,34+,35+,36-/m0/s1. The Bertz CT molecular complexity index is 1490. The Labute approximate surface area is 250 Å². The lowest BCUT2D eigenvalue weighted by molar-refractivity contribution is -0.161. The van der Waals surface area contributed by atoms with Crippen molar-refractivity contribution >= 4 is 11.6 Å². The minimum atomic E-state index is -0.650. The lowest BCUT2D eigenvalue weighted by Gasteiger charge is -2.68. The maximum Gasteiger partial charge on any atom is 0.233 e. The first-order valence-corrected chi connectivity index (χ1v) is 16.4. The third-order valence-corrected chi connectivity index (χ3v) is 13.9. The van der Waals surface area contributed by atoms with E-state index < -0.39 is 10.8 Å². The number of rotatable bonds is 3. The number of carbonyl (C=O) groups is 2. The zero-order valence-electron chi connectivity index (χ0n) is 26.6. The van der Waals surface area contributed by atoms with Gasteiger partial charge >= 0.3 is 0 Å². The van der Waals surface area contributed by atoms with Gasteiger partial charge in [-0.25, -0.2) is 0 Å². The molecule has 6 heteroatoms. The molecule has 4 fully saturated rings. The lowest BCUT2D eigenvalue weighted by Crippen LogP contribution is -2.65. The summed E-state index contributed by atoms with van der Waals surface area (Å²) in [6, 6.07) is 2.22.